The molecule has 0 heterocycles. The number of carbonyl (C=O) groups is 1. The van der Waals surface area contributed by atoms with E-state index in [1.54, 1.807) is 0 Å². The molecule has 66 valence electrons. The number of hydrogen-bond acceptors (Lipinski definition) is 2. The number of rotatable bonds is 7. The molecule has 11 heavy (non-hydrogen) atoms. The summed E-state index contributed by atoms with van der Waals surface area (Å²) >= 11 is 1.96. The van der Waals surface area contributed by atoms with Crippen molar-refractivity contribution < 1.29 is 4.79 Å². The highest BCUT2D eigenvalue weighted by molar-refractivity contribution is 7.99. The van der Waals surface area contributed by atoms with Crippen LogP contribution in [0.1, 0.15) is 39.5 Å². The first kappa shape index (κ1) is 11.0. The molecule has 0 radical (unpaired) electrons. The van der Waals surface area contributed by atoms with E-state index in [1.165, 1.54) is 17.9 Å². The van der Waals surface area contributed by atoms with Gasteiger partial charge < -0.3 is 0 Å². The summed E-state index contributed by atoms with van der Waals surface area (Å²) in [4.78, 5) is 10.8. The minimum absolute atomic E-state index is 0.409. The van der Waals surface area contributed by atoms with Crippen LogP contribution >= 0.6 is 11.8 Å². The van der Waals surface area contributed by atoms with Gasteiger partial charge in [0.15, 0.2) is 0 Å². The van der Waals surface area contributed by atoms with Crippen LogP contribution in [0.3, 0.4) is 0 Å². The Morgan fingerprint density at radius 1 is 1.27 bits per heavy atom. The van der Waals surface area contributed by atoms with Crippen molar-refractivity contribution in [2.75, 3.05) is 11.5 Å². The Labute approximate surface area is 73.9 Å². The van der Waals surface area contributed by atoms with Crippen LogP contribution < -0.4 is 0 Å². The molecule has 0 rings (SSSR count). The van der Waals surface area contributed by atoms with Crippen LogP contribution in [0.2, 0.25) is 0 Å². The van der Waals surface area contributed by atoms with E-state index in [9.17, 15) is 4.79 Å². The van der Waals surface area contributed by atoms with Crippen molar-refractivity contribution in [3.05, 3.63) is 0 Å². The van der Waals surface area contributed by atoms with Gasteiger partial charge in [0.2, 0.25) is 0 Å². The van der Waals surface area contributed by atoms with Crippen LogP contribution in [-0.4, -0.2) is 17.3 Å². The molecule has 0 aromatic carbocycles. The van der Waals surface area contributed by atoms with Gasteiger partial charge in [0, 0.05) is 12.8 Å². The van der Waals surface area contributed by atoms with Crippen LogP contribution in [-0.2, 0) is 4.79 Å². The number of hydrogen-bond donors (Lipinski definition) is 0. The Hall–Kier alpha value is 0.0200. The van der Waals surface area contributed by atoms with Gasteiger partial charge in [0.05, 0.1) is 0 Å². The minimum Gasteiger partial charge on any atom is -0.300 e. The molecule has 0 spiro atoms. The predicted molar refractivity (Wildman–Crippen MR) is 52.1 cm³/mol. The van der Waals surface area contributed by atoms with Crippen molar-refractivity contribution >= 4 is 17.5 Å². The smallest absolute Gasteiger partial charge is 0.132 e. The summed E-state index contributed by atoms with van der Waals surface area (Å²) in [6, 6.07) is 0. The van der Waals surface area contributed by atoms with Crippen molar-refractivity contribution in [1.29, 1.82) is 0 Å². The van der Waals surface area contributed by atoms with Crippen LogP contribution in [0.4, 0.5) is 0 Å². The van der Waals surface area contributed by atoms with Gasteiger partial charge in [0.1, 0.15) is 5.78 Å². The minimum atomic E-state index is 0.409. The number of unbranched alkanes of at least 4 members (excludes halogenated alkanes) is 1. The lowest BCUT2D eigenvalue weighted by Crippen LogP contribution is -1.94. The number of thioether (sulfide) groups is 1. The summed E-state index contributed by atoms with van der Waals surface area (Å²) < 4.78 is 0. The Balaban J connectivity index is 2.95. The molecule has 2 heteroatoms. The predicted octanol–water partition coefficient (Wildman–Crippen LogP) is 2.89. The Bertz CT molecular complexity index is 102. The number of ketones is 1. The van der Waals surface area contributed by atoms with Crippen molar-refractivity contribution in [3.63, 3.8) is 0 Å². The van der Waals surface area contributed by atoms with Crippen LogP contribution in [0.15, 0.2) is 0 Å². The third-order valence-corrected chi connectivity index (χ3v) is 2.58. The number of carbonyl (C=O) groups excluding carboxylic acids is 1. The molecule has 0 fully saturated rings. The molecule has 0 aliphatic carbocycles. The molecule has 0 bridgehead atoms. The standard InChI is InChI=1S/C9H18OS/c1-3-9(10)7-5-6-8-11-4-2/h3-8H2,1-2H3. The van der Waals surface area contributed by atoms with Crippen molar-refractivity contribution in [2.24, 2.45) is 0 Å². The van der Waals surface area contributed by atoms with E-state index in [2.05, 4.69) is 6.92 Å². The highest BCUT2D eigenvalue weighted by Gasteiger charge is 1.96. The molecule has 0 aromatic rings. The first-order valence-corrected chi connectivity index (χ1v) is 5.56. The van der Waals surface area contributed by atoms with E-state index in [-0.39, 0.29) is 0 Å². The van der Waals surface area contributed by atoms with Gasteiger partial charge in [-0.05, 0) is 24.3 Å². The molecular weight excluding hydrogens is 156 g/mol. The lowest BCUT2D eigenvalue weighted by Gasteiger charge is -1.97. The maximum atomic E-state index is 10.8. The summed E-state index contributed by atoms with van der Waals surface area (Å²) in [6.07, 6.45) is 3.78. The van der Waals surface area contributed by atoms with E-state index >= 15 is 0 Å². The normalized spacial score (nSPS) is 10.0. The average molecular weight is 174 g/mol. The van der Waals surface area contributed by atoms with Gasteiger partial charge in [-0.3, -0.25) is 4.79 Å². The van der Waals surface area contributed by atoms with E-state index in [1.807, 2.05) is 18.7 Å². The Kier molecular flexibility index (Phi) is 8.13. The fraction of sp³-hybridized carbons (Fsp3) is 0.889. The van der Waals surface area contributed by atoms with Gasteiger partial charge in [-0.15, -0.1) is 0 Å². The van der Waals surface area contributed by atoms with Gasteiger partial charge in [-0.1, -0.05) is 13.8 Å². The molecule has 0 atom stereocenters. The zero-order valence-electron chi connectivity index (χ0n) is 7.56. The van der Waals surface area contributed by atoms with Crippen LogP contribution in [0.25, 0.3) is 0 Å². The molecule has 0 saturated heterocycles. The third-order valence-electron chi connectivity index (χ3n) is 1.59. The fourth-order valence-corrected chi connectivity index (χ4v) is 1.54. The van der Waals surface area contributed by atoms with E-state index < -0.39 is 0 Å². The molecule has 0 saturated carbocycles. The van der Waals surface area contributed by atoms with E-state index in [0.717, 1.165) is 12.8 Å². The van der Waals surface area contributed by atoms with Crippen LogP contribution in [0, 0.1) is 0 Å². The Morgan fingerprint density at radius 3 is 2.55 bits per heavy atom. The summed E-state index contributed by atoms with van der Waals surface area (Å²) in [6.45, 7) is 4.10. The van der Waals surface area contributed by atoms with Crippen LogP contribution in [0.5, 0.6) is 0 Å². The topological polar surface area (TPSA) is 17.1 Å². The maximum absolute atomic E-state index is 10.8. The quantitative estimate of drug-likeness (QED) is 0.552. The molecule has 0 aromatic heterocycles. The second-order valence-electron chi connectivity index (χ2n) is 2.55. The highest BCUT2D eigenvalue weighted by atomic mass is 32.2. The molecule has 0 unspecified atom stereocenters. The average Bonchev–Trinajstić information content (AvgIpc) is 2.04. The lowest BCUT2D eigenvalue weighted by molar-refractivity contribution is -0.118. The second-order valence-corrected chi connectivity index (χ2v) is 3.94. The number of Topliss-reactive ketones (excluding diaryl/α,β-unsaturated/α-hetero) is 1. The fourth-order valence-electron chi connectivity index (χ4n) is 0.847. The first-order valence-electron chi connectivity index (χ1n) is 4.40. The van der Waals surface area contributed by atoms with Gasteiger partial charge in [-0.25, -0.2) is 0 Å². The van der Waals surface area contributed by atoms with Crippen molar-refractivity contribution in [3.8, 4) is 0 Å². The highest BCUT2D eigenvalue weighted by Crippen LogP contribution is 2.06. The van der Waals surface area contributed by atoms with Gasteiger partial charge in [-0.2, -0.15) is 11.8 Å². The molecule has 0 aliphatic heterocycles. The zero-order valence-corrected chi connectivity index (χ0v) is 8.38. The van der Waals surface area contributed by atoms with Crippen molar-refractivity contribution in [1.82, 2.24) is 0 Å². The maximum Gasteiger partial charge on any atom is 0.132 e. The largest absolute Gasteiger partial charge is 0.300 e. The van der Waals surface area contributed by atoms with E-state index in [0.29, 0.717) is 12.2 Å². The molecular formula is C9H18OS. The van der Waals surface area contributed by atoms with Gasteiger partial charge in [0.25, 0.3) is 0 Å². The summed E-state index contributed by atoms with van der Waals surface area (Å²) in [5, 5.41) is 0. The summed E-state index contributed by atoms with van der Waals surface area (Å²) in [5.41, 5.74) is 0. The zero-order chi connectivity index (χ0) is 8.53. The molecule has 1 nitrogen and oxygen atoms in total. The molecule has 0 N–H and O–H groups in total. The molecule has 0 amide bonds. The molecule has 0 aliphatic rings. The SMILES string of the molecule is CCSCCCCC(=O)CC. The summed E-state index contributed by atoms with van der Waals surface area (Å²) in [7, 11) is 0. The monoisotopic (exact) mass is 174 g/mol. The van der Waals surface area contributed by atoms with E-state index in [4.69, 9.17) is 0 Å². The third kappa shape index (κ3) is 7.92. The second kappa shape index (κ2) is 8.12. The lowest BCUT2D eigenvalue weighted by atomic mass is 10.1. The van der Waals surface area contributed by atoms with Crippen molar-refractivity contribution in [2.45, 2.75) is 39.5 Å². The van der Waals surface area contributed by atoms with Gasteiger partial charge >= 0.3 is 0 Å². The summed E-state index contributed by atoms with van der Waals surface area (Å²) in [5.74, 6) is 2.82. The Morgan fingerprint density at radius 2 is 2.00 bits per heavy atom. The first-order chi connectivity index (χ1) is 5.31.